The van der Waals surface area contributed by atoms with Crippen LogP contribution in [0.25, 0.3) is 0 Å². The number of hydrogen-bond acceptors (Lipinski definition) is 10. The minimum atomic E-state index is -0.371. The molecular formula is C38H53N3O8. The third kappa shape index (κ3) is 10.1. The van der Waals surface area contributed by atoms with Gasteiger partial charge < -0.3 is 43.8 Å². The van der Waals surface area contributed by atoms with Crippen molar-refractivity contribution >= 4 is 23.5 Å². The molecule has 0 aliphatic carbocycles. The van der Waals surface area contributed by atoms with Crippen LogP contribution in [0.2, 0.25) is 0 Å². The number of fused-ring (bicyclic) bond motifs is 1. The van der Waals surface area contributed by atoms with Crippen molar-refractivity contribution in [3.8, 4) is 46.0 Å². The Morgan fingerprint density at radius 1 is 0.816 bits per heavy atom. The molecule has 2 unspecified atom stereocenters. The summed E-state index contributed by atoms with van der Waals surface area (Å²) in [5.74, 6) is 4.54. The molecule has 268 valence electrons. The minimum absolute atomic E-state index is 0.0707. The third-order valence-electron chi connectivity index (χ3n) is 7.84. The predicted molar refractivity (Wildman–Crippen MR) is 194 cm³/mol. The van der Waals surface area contributed by atoms with Gasteiger partial charge in [0.05, 0.1) is 51.4 Å². The zero-order valence-corrected chi connectivity index (χ0v) is 30.6. The van der Waals surface area contributed by atoms with Gasteiger partial charge in [-0.3, -0.25) is 9.79 Å². The molecule has 3 aromatic rings. The number of benzene rings is 3. The summed E-state index contributed by atoms with van der Waals surface area (Å²) in [4.78, 5) is 19.6. The van der Waals surface area contributed by atoms with Crippen LogP contribution in [0, 0.1) is 5.92 Å². The maximum atomic E-state index is 13.2. The van der Waals surface area contributed by atoms with Gasteiger partial charge in [-0.1, -0.05) is 40.5 Å². The van der Waals surface area contributed by atoms with Crippen molar-refractivity contribution in [2.24, 2.45) is 10.9 Å². The van der Waals surface area contributed by atoms with Crippen LogP contribution in [0.3, 0.4) is 0 Å². The Bertz CT molecular complexity index is 1530. The lowest BCUT2D eigenvalue weighted by atomic mass is 10.1. The number of carbonyl (C=O) groups excluding carboxylic acids is 1. The molecule has 0 aromatic heterocycles. The van der Waals surface area contributed by atoms with E-state index in [4.69, 9.17) is 38.9 Å². The molecule has 1 aliphatic rings. The van der Waals surface area contributed by atoms with E-state index in [1.54, 1.807) is 47.4 Å². The molecule has 0 spiro atoms. The molecule has 2 atom stereocenters. The number of hydrogen-bond donors (Lipinski definition) is 1. The topological polar surface area (TPSA) is 123 Å². The third-order valence-corrected chi connectivity index (χ3v) is 7.84. The molecule has 1 aliphatic heterocycles. The number of amides is 1. The Balaban J connectivity index is 0.000000992. The van der Waals surface area contributed by atoms with Gasteiger partial charge >= 0.3 is 0 Å². The average Bonchev–Trinajstić information content (AvgIpc) is 3.22. The SMILES string of the molecule is CCC1C=Nc2cc(OC(C)COc3ccc(Oc4cc(OC)c(OC)c(OC)c4)c(N)c3)c(OC)cc2C(=O)N1CC.CCCC(C)C. The minimum Gasteiger partial charge on any atom is -0.493 e. The van der Waals surface area contributed by atoms with Gasteiger partial charge in [-0.15, -0.1) is 0 Å². The smallest absolute Gasteiger partial charge is 0.256 e. The largest absolute Gasteiger partial charge is 0.493 e. The lowest BCUT2D eigenvalue weighted by molar-refractivity contribution is 0.0738. The molecule has 1 heterocycles. The zero-order valence-electron chi connectivity index (χ0n) is 30.6. The molecular weight excluding hydrogens is 626 g/mol. The van der Waals surface area contributed by atoms with Crippen molar-refractivity contribution in [3.05, 3.63) is 48.0 Å². The van der Waals surface area contributed by atoms with E-state index in [-0.39, 0.29) is 24.7 Å². The van der Waals surface area contributed by atoms with Crippen LogP contribution in [0.15, 0.2) is 47.5 Å². The molecule has 4 rings (SSSR count). The van der Waals surface area contributed by atoms with E-state index in [0.717, 1.165) is 12.3 Å². The molecule has 2 N–H and O–H groups in total. The molecule has 0 saturated carbocycles. The van der Waals surface area contributed by atoms with E-state index in [0.29, 0.717) is 69.5 Å². The van der Waals surface area contributed by atoms with E-state index >= 15 is 0 Å². The summed E-state index contributed by atoms with van der Waals surface area (Å²) in [6, 6.07) is 11.9. The number of methoxy groups -OCH3 is 4. The van der Waals surface area contributed by atoms with Gasteiger partial charge in [0.15, 0.2) is 28.7 Å². The number of nitrogens with zero attached hydrogens (tertiary/aromatic N) is 2. The first kappa shape index (κ1) is 38.6. The van der Waals surface area contributed by atoms with E-state index in [9.17, 15) is 4.79 Å². The van der Waals surface area contributed by atoms with Gasteiger partial charge in [-0.25, -0.2) is 0 Å². The normalized spacial score (nSPS) is 14.2. The van der Waals surface area contributed by atoms with Crippen molar-refractivity contribution in [1.82, 2.24) is 4.90 Å². The van der Waals surface area contributed by atoms with Crippen LogP contribution in [-0.2, 0) is 0 Å². The summed E-state index contributed by atoms with van der Waals surface area (Å²) < 4.78 is 39.8. The lowest BCUT2D eigenvalue weighted by Gasteiger charge is -2.26. The predicted octanol–water partition coefficient (Wildman–Crippen LogP) is 8.34. The molecule has 1 amide bonds. The molecule has 49 heavy (non-hydrogen) atoms. The lowest BCUT2D eigenvalue weighted by Crippen LogP contribution is -2.39. The van der Waals surface area contributed by atoms with Crippen LogP contribution in [0.4, 0.5) is 11.4 Å². The molecule has 0 saturated heterocycles. The van der Waals surface area contributed by atoms with Crippen LogP contribution in [0.1, 0.15) is 71.2 Å². The number of ether oxygens (including phenoxy) is 7. The summed E-state index contributed by atoms with van der Waals surface area (Å²) in [6.45, 7) is 13.4. The maximum absolute atomic E-state index is 13.2. The number of rotatable bonds is 15. The standard InChI is InChI=1S/C32H39N3O8.C6H14/c1-8-20-17-34-25-16-28(27(37-4)15-23(25)32(36)35(20)9-2)42-19(3)18-41-21-10-11-26(24(33)12-21)43-22-13-29(38-5)31(40-7)30(14-22)39-6;1-4-5-6(2)3/h10-17,19-20H,8-9,18,33H2,1-7H3;6H,4-5H2,1-3H3. The van der Waals surface area contributed by atoms with E-state index < -0.39 is 0 Å². The summed E-state index contributed by atoms with van der Waals surface area (Å²) in [6.07, 6.45) is 4.92. The maximum Gasteiger partial charge on any atom is 0.256 e. The molecule has 0 bridgehead atoms. The number of anilines is 1. The van der Waals surface area contributed by atoms with Crippen molar-refractivity contribution in [2.75, 3.05) is 47.3 Å². The van der Waals surface area contributed by atoms with Gasteiger partial charge in [0.1, 0.15) is 24.2 Å². The Kier molecular flexibility index (Phi) is 14.7. The Hall–Kier alpha value is -4.80. The second-order valence-corrected chi connectivity index (χ2v) is 11.9. The fraction of sp³-hybridized carbons (Fsp3) is 0.474. The fourth-order valence-corrected chi connectivity index (χ4v) is 5.33. The molecule has 11 heteroatoms. The Morgan fingerprint density at radius 3 is 2.00 bits per heavy atom. The van der Waals surface area contributed by atoms with Gasteiger partial charge in [0.2, 0.25) is 5.75 Å². The van der Waals surface area contributed by atoms with Gasteiger partial charge in [0, 0.05) is 37.0 Å². The second kappa shape index (κ2) is 18.7. The van der Waals surface area contributed by atoms with Crippen molar-refractivity contribution < 1.29 is 38.0 Å². The second-order valence-electron chi connectivity index (χ2n) is 11.9. The zero-order chi connectivity index (χ0) is 36.1. The quantitative estimate of drug-likeness (QED) is 0.158. The fourth-order valence-electron chi connectivity index (χ4n) is 5.33. The van der Waals surface area contributed by atoms with Gasteiger partial charge in [0.25, 0.3) is 5.91 Å². The van der Waals surface area contributed by atoms with Crippen LogP contribution < -0.4 is 38.9 Å². The van der Waals surface area contributed by atoms with Crippen molar-refractivity contribution in [1.29, 1.82) is 0 Å². The summed E-state index contributed by atoms with van der Waals surface area (Å²) in [7, 11) is 6.14. The Labute approximate surface area is 291 Å². The number of aliphatic imine (C=N–C) groups is 1. The van der Waals surface area contributed by atoms with Crippen LogP contribution in [0.5, 0.6) is 46.0 Å². The van der Waals surface area contributed by atoms with E-state index in [1.807, 2.05) is 27.0 Å². The monoisotopic (exact) mass is 679 g/mol. The van der Waals surface area contributed by atoms with E-state index in [2.05, 4.69) is 25.8 Å². The first-order valence-corrected chi connectivity index (χ1v) is 16.8. The first-order valence-electron chi connectivity index (χ1n) is 16.8. The van der Waals surface area contributed by atoms with E-state index in [1.165, 1.54) is 41.3 Å². The van der Waals surface area contributed by atoms with Crippen molar-refractivity contribution in [2.45, 2.75) is 73.0 Å². The highest BCUT2D eigenvalue weighted by Crippen LogP contribution is 2.43. The molecule has 11 nitrogen and oxygen atoms in total. The number of carbonyl (C=O) groups is 1. The highest BCUT2D eigenvalue weighted by Gasteiger charge is 2.28. The summed E-state index contributed by atoms with van der Waals surface area (Å²) in [5, 5.41) is 0. The number of nitrogens with two attached hydrogens (primary N) is 1. The molecule has 0 radical (unpaired) electrons. The van der Waals surface area contributed by atoms with Crippen molar-refractivity contribution in [3.63, 3.8) is 0 Å². The molecule has 0 fully saturated rings. The molecule has 3 aromatic carbocycles. The van der Waals surface area contributed by atoms with Gasteiger partial charge in [-0.2, -0.15) is 0 Å². The highest BCUT2D eigenvalue weighted by molar-refractivity contribution is 6.03. The summed E-state index contributed by atoms with van der Waals surface area (Å²) >= 11 is 0. The van der Waals surface area contributed by atoms with Gasteiger partial charge in [-0.05, 0) is 44.4 Å². The average molecular weight is 680 g/mol. The first-order chi connectivity index (χ1) is 23.5. The number of nitrogen functional groups attached to an aromatic ring is 1. The van der Waals surface area contributed by atoms with Crippen LogP contribution >= 0.6 is 0 Å². The van der Waals surface area contributed by atoms with Crippen LogP contribution in [-0.4, -0.2) is 70.8 Å². The summed E-state index contributed by atoms with van der Waals surface area (Å²) in [5.41, 5.74) is 7.67. The highest BCUT2D eigenvalue weighted by atomic mass is 16.6. The Morgan fingerprint density at radius 2 is 1.49 bits per heavy atom.